The van der Waals surface area contributed by atoms with Gasteiger partial charge in [0.2, 0.25) is 0 Å². The van der Waals surface area contributed by atoms with E-state index in [0.29, 0.717) is 19.1 Å². The summed E-state index contributed by atoms with van der Waals surface area (Å²) in [5, 5.41) is 0. The first-order chi connectivity index (χ1) is 11.8. The Bertz CT molecular complexity index is 631. The van der Waals surface area contributed by atoms with Crippen molar-refractivity contribution in [3.05, 3.63) is 66.0 Å². The molecule has 0 amide bonds. The molecule has 1 fully saturated rings. The van der Waals surface area contributed by atoms with Crippen LogP contribution in [-0.2, 0) is 16.1 Å². The number of carbonyl (C=O) groups excluding carboxylic acids is 1. The summed E-state index contributed by atoms with van der Waals surface area (Å²) in [6.45, 7) is 2.39. The van der Waals surface area contributed by atoms with Crippen molar-refractivity contribution in [3.63, 3.8) is 0 Å². The first kappa shape index (κ1) is 16.7. The van der Waals surface area contributed by atoms with Gasteiger partial charge < -0.3 is 4.74 Å². The van der Waals surface area contributed by atoms with E-state index in [-0.39, 0.29) is 5.97 Å². The fourth-order valence-corrected chi connectivity index (χ4v) is 3.28. The Kier molecular flexibility index (Phi) is 5.96. The number of pyridine rings is 1. The van der Waals surface area contributed by atoms with Gasteiger partial charge in [0.25, 0.3) is 0 Å². The van der Waals surface area contributed by atoms with Gasteiger partial charge in [0, 0.05) is 24.9 Å². The van der Waals surface area contributed by atoms with Crippen molar-refractivity contribution in [1.29, 1.82) is 0 Å². The number of aromatic nitrogens is 1. The number of nitrogens with zero attached hydrogens (tertiary/aromatic N) is 2. The van der Waals surface area contributed by atoms with Crippen LogP contribution in [0.1, 0.15) is 42.9 Å². The van der Waals surface area contributed by atoms with E-state index in [4.69, 9.17) is 4.74 Å². The molecule has 0 radical (unpaired) electrons. The third-order valence-electron chi connectivity index (χ3n) is 4.50. The molecule has 1 atom stereocenters. The third-order valence-corrected chi connectivity index (χ3v) is 4.50. The number of hydrogen-bond acceptors (Lipinski definition) is 4. The summed E-state index contributed by atoms with van der Waals surface area (Å²) in [5.41, 5.74) is 2.31. The van der Waals surface area contributed by atoms with Crippen molar-refractivity contribution in [2.45, 2.75) is 38.3 Å². The van der Waals surface area contributed by atoms with E-state index in [1.165, 1.54) is 18.4 Å². The number of benzene rings is 1. The molecule has 2 heterocycles. The minimum Gasteiger partial charge on any atom is -0.461 e. The average molecular weight is 324 g/mol. The van der Waals surface area contributed by atoms with Crippen LogP contribution in [0.3, 0.4) is 0 Å². The van der Waals surface area contributed by atoms with Gasteiger partial charge in [0.05, 0.1) is 0 Å². The molecule has 126 valence electrons. The molecule has 0 unspecified atom stereocenters. The molecule has 1 saturated heterocycles. The fourth-order valence-electron chi connectivity index (χ4n) is 3.28. The smallest absolute Gasteiger partial charge is 0.306 e. The number of esters is 1. The molecule has 0 aliphatic carbocycles. The van der Waals surface area contributed by atoms with Crippen LogP contribution in [-0.4, -0.2) is 28.9 Å². The van der Waals surface area contributed by atoms with E-state index in [0.717, 1.165) is 25.1 Å². The topological polar surface area (TPSA) is 42.4 Å². The molecule has 0 bridgehead atoms. The van der Waals surface area contributed by atoms with Crippen molar-refractivity contribution < 1.29 is 9.53 Å². The first-order valence-corrected chi connectivity index (χ1v) is 8.66. The summed E-state index contributed by atoms with van der Waals surface area (Å²) in [6, 6.07) is 14.4. The lowest BCUT2D eigenvalue weighted by atomic mass is 10.1. The highest BCUT2D eigenvalue weighted by Crippen LogP contribution is 2.31. The molecule has 1 aliphatic heterocycles. The maximum atomic E-state index is 11.9. The normalized spacial score (nSPS) is 17.8. The summed E-state index contributed by atoms with van der Waals surface area (Å²) in [6.07, 6.45) is 7.46. The molecule has 2 aromatic rings. The lowest BCUT2D eigenvalue weighted by molar-refractivity contribution is -0.145. The van der Waals surface area contributed by atoms with E-state index in [1.807, 2.05) is 48.8 Å². The number of ether oxygens (including phenoxy) is 1. The zero-order valence-corrected chi connectivity index (χ0v) is 13.9. The molecule has 0 spiro atoms. The van der Waals surface area contributed by atoms with Gasteiger partial charge in [-0.2, -0.15) is 0 Å². The van der Waals surface area contributed by atoms with E-state index in [2.05, 4.69) is 16.0 Å². The van der Waals surface area contributed by atoms with Gasteiger partial charge in [0.15, 0.2) is 0 Å². The van der Waals surface area contributed by atoms with Crippen LogP contribution < -0.4 is 0 Å². The number of likely N-dealkylation sites (tertiary alicyclic amines) is 1. The van der Waals surface area contributed by atoms with Crippen molar-refractivity contribution >= 4 is 5.97 Å². The highest BCUT2D eigenvalue weighted by atomic mass is 16.5. The highest BCUT2D eigenvalue weighted by Gasteiger charge is 2.25. The number of rotatable bonds is 7. The van der Waals surface area contributed by atoms with E-state index in [1.54, 1.807) is 0 Å². The van der Waals surface area contributed by atoms with Crippen molar-refractivity contribution in [2.24, 2.45) is 0 Å². The zero-order chi connectivity index (χ0) is 16.6. The van der Waals surface area contributed by atoms with Crippen molar-refractivity contribution in [3.8, 4) is 0 Å². The molecule has 0 saturated carbocycles. The maximum Gasteiger partial charge on any atom is 0.306 e. The van der Waals surface area contributed by atoms with Crippen LogP contribution in [0.5, 0.6) is 0 Å². The second kappa shape index (κ2) is 8.60. The van der Waals surface area contributed by atoms with Gasteiger partial charge >= 0.3 is 5.97 Å². The Morgan fingerprint density at radius 3 is 2.88 bits per heavy atom. The van der Waals surface area contributed by atoms with E-state index in [9.17, 15) is 4.79 Å². The van der Waals surface area contributed by atoms with E-state index < -0.39 is 0 Å². The monoisotopic (exact) mass is 324 g/mol. The summed E-state index contributed by atoms with van der Waals surface area (Å²) in [5.74, 6) is -0.115. The molecular formula is C20H24N2O2. The fraction of sp³-hybridized carbons (Fsp3) is 0.400. The molecule has 24 heavy (non-hydrogen) atoms. The van der Waals surface area contributed by atoms with Gasteiger partial charge in [0.1, 0.15) is 6.61 Å². The molecule has 1 aliphatic rings. The number of hydrogen-bond donors (Lipinski definition) is 0. The SMILES string of the molecule is O=C(CCCN1CCC[C@@H]1c1cccnc1)OCc1ccccc1. The molecule has 1 aromatic heterocycles. The Balaban J connectivity index is 1.40. The second-order valence-corrected chi connectivity index (χ2v) is 6.23. The van der Waals surface area contributed by atoms with Crippen LogP contribution in [0.2, 0.25) is 0 Å². The van der Waals surface area contributed by atoms with Crippen LogP contribution in [0.4, 0.5) is 0 Å². The van der Waals surface area contributed by atoms with Crippen molar-refractivity contribution in [2.75, 3.05) is 13.1 Å². The second-order valence-electron chi connectivity index (χ2n) is 6.23. The zero-order valence-electron chi connectivity index (χ0n) is 13.9. The first-order valence-electron chi connectivity index (χ1n) is 8.66. The van der Waals surface area contributed by atoms with Gasteiger partial charge in [-0.25, -0.2) is 0 Å². The summed E-state index contributed by atoms with van der Waals surface area (Å²) < 4.78 is 5.34. The molecule has 1 aromatic carbocycles. The Labute approximate surface area is 143 Å². The molecule has 0 N–H and O–H groups in total. The quantitative estimate of drug-likeness (QED) is 0.728. The Hall–Kier alpha value is -2.20. The van der Waals surface area contributed by atoms with Gasteiger partial charge in [-0.3, -0.25) is 14.7 Å². The van der Waals surface area contributed by atoms with E-state index >= 15 is 0 Å². The average Bonchev–Trinajstić information content (AvgIpc) is 3.10. The summed E-state index contributed by atoms with van der Waals surface area (Å²) >= 11 is 0. The summed E-state index contributed by atoms with van der Waals surface area (Å²) in [4.78, 5) is 18.6. The number of carbonyl (C=O) groups is 1. The lowest BCUT2D eigenvalue weighted by Gasteiger charge is -2.24. The van der Waals surface area contributed by atoms with Gasteiger partial charge in [-0.1, -0.05) is 36.4 Å². The van der Waals surface area contributed by atoms with Gasteiger partial charge in [-0.15, -0.1) is 0 Å². The Morgan fingerprint density at radius 2 is 2.08 bits per heavy atom. The lowest BCUT2D eigenvalue weighted by Crippen LogP contribution is -2.25. The van der Waals surface area contributed by atoms with Crippen LogP contribution in [0, 0.1) is 0 Å². The maximum absolute atomic E-state index is 11.9. The highest BCUT2D eigenvalue weighted by molar-refractivity contribution is 5.69. The van der Waals surface area contributed by atoms with Crippen LogP contribution in [0.15, 0.2) is 54.9 Å². The predicted molar refractivity (Wildman–Crippen MR) is 93.3 cm³/mol. The van der Waals surface area contributed by atoms with Gasteiger partial charge in [-0.05, 0) is 49.5 Å². The third kappa shape index (κ3) is 4.65. The largest absolute Gasteiger partial charge is 0.461 e. The minimum absolute atomic E-state index is 0.115. The molecule has 4 nitrogen and oxygen atoms in total. The van der Waals surface area contributed by atoms with Crippen LogP contribution in [0.25, 0.3) is 0 Å². The molecular weight excluding hydrogens is 300 g/mol. The Morgan fingerprint density at radius 1 is 1.21 bits per heavy atom. The standard InChI is InChI=1S/C20H24N2O2/c23-20(24-16-17-7-2-1-3-8-17)11-6-14-22-13-5-10-19(22)18-9-4-12-21-15-18/h1-4,7-9,12,15,19H,5-6,10-11,13-14,16H2/t19-/m1/s1. The summed E-state index contributed by atoms with van der Waals surface area (Å²) in [7, 11) is 0. The predicted octanol–water partition coefficient (Wildman–Crippen LogP) is 3.74. The minimum atomic E-state index is -0.115. The molecule has 3 rings (SSSR count). The molecule has 4 heteroatoms. The van der Waals surface area contributed by atoms with Crippen LogP contribution >= 0.6 is 0 Å². The van der Waals surface area contributed by atoms with Crippen molar-refractivity contribution in [1.82, 2.24) is 9.88 Å².